The molecule has 0 atom stereocenters. The van der Waals surface area contributed by atoms with E-state index in [9.17, 15) is 4.39 Å². The summed E-state index contributed by atoms with van der Waals surface area (Å²) in [5.74, 6) is 0. The zero-order valence-corrected chi connectivity index (χ0v) is 8.53. The second-order valence-electron chi connectivity index (χ2n) is 4.06. The summed E-state index contributed by atoms with van der Waals surface area (Å²) in [6.45, 7) is 6.77. The highest BCUT2D eigenvalue weighted by Gasteiger charge is 2.08. The Morgan fingerprint density at radius 1 is 1.00 bits per heavy atom. The normalized spacial score (nSPS) is 12.0. The van der Waals surface area contributed by atoms with E-state index >= 15 is 0 Å². The van der Waals surface area contributed by atoms with Gasteiger partial charge in [0.05, 0.1) is 12.3 Å². The van der Waals surface area contributed by atoms with Gasteiger partial charge in [-0.25, -0.2) is 0 Å². The molecule has 2 heteroatoms. The van der Waals surface area contributed by atoms with Crippen LogP contribution in [-0.2, 0) is 4.74 Å². The van der Waals surface area contributed by atoms with Crippen molar-refractivity contribution in [3.05, 3.63) is 0 Å². The molecule has 0 radical (unpaired) electrons. The minimum atomic E-state index is -0.180. The first-order valence-electron chi connectivity index (χ1n) is 4.76. The Balaban J connectivity index is 3.01. The van der Waals surface area contributed by atoms with Crippen molar-refractivity contribution in [2.24, 2.45) is 0 Å². The predicted molar refractivity (Wildman–Crippen MR) is 50.1 cm³/mol. The van der Waals surface area contributed by atoms with Crippen LogP contribution in [0.15, 0.2) is 0 Å². The highest BCUT2D eigenvalue weighted by Crippen LogP contribution is 2.08. The van der Waals surface area contributed by atoms with Crippen LogP contribution in [0.5, 0.6) is 0 Å². The molecule has 0 heterocycles. The third-order valence-corrected chi connectivity index (χ3v) is 1.56. The van der Waals surface area contributed by atoms with Gasteiger partial charge in [-0.05, 0) is 33.6 Å². The number of hydrogen-bond acceptors (Lipinski definition) is 1. The lowest BCUT2D eigenvalue weighted by atomic mass is 10.2. The molecule has 0 rings (SSSR count). The molecular formula is C10H21FO. The molecule has 0 spiro atoms. The number of ether oxygens (including phenoxy) is 1. The second kappa shape index (κ2) is 6.41. The molecule has 0 saturated carbocycles. The van der Waals surface area contributed by atoms with E-state index in [-0.39, 0.29) is 12.3 Å². The first kappa shape index (κ1) is 11.9. The van der Waals surface area contributed by atoms with Gasteiger partial charge < -0.3 is 4.74 Å². The smallest absolute Gasteiger partial charge is 0.0894 e. The van der Waals surface area contributed by atoms with Gasteiger partial charge in [0.15, 0.2) is 0 Å². The van der Waals surface area contributed by atoms with Crippen LogP contribution in [0, 0.1) is 0 Å². The van der Waals surface area contributed by atoms with E-state index in [1.807, 2.05) is 0 Å². The van der Waals surface area contributed by atoms with E-state index in [0.29, 0.717) is 6.42 Å². The van der Waals surface area contributed by atoms with E-state index in [1.165, 1.54) is 0 Å². The maximum absolute atomic E-state index is 11.7. The van der Waals surface area contributed by atoms with Crippen LogP contribution in [0.4, 0.5) is 4.39 Å². The van der Waals surface area contributed by atoms with Gasteiger partial charge in [-0.1, -0.05) is 12.8 Å². The lowest BCUT2D eigenvalue weighted by Gasteiger charge is -2.19. The molecule has 0 unspecified atom stereocenters. The Bertz CT molecular complexity index is 96.5. The monoisotopic (exact) mass is 176 g/mol. The molecule has 0 aromatic carbocycles. The molecule has 0 aliphatic carbocycles. The van der Waals surface area contributed by atoms with Crippen LogP contribution in [0.1, 0.15) is 46.5 Å². The van der Waals surface area contributed by atoms with Gasteiger partial charge in [-0.2, -0.15) is 0 Å². The number of alkyl halides is 1. The Morgan fingerprint density at radius 2 is 1.58 bits per heavy atom. The van der Waals surface area contributed by atoms with Gasteiger partial charge in [-0.15, -0.1) is 0 Å². The molecule has 0 aliphatic rings. The summed E-state index contributed by atoms with van der Waals surface area (Å²) in [7, 11) is 0. The van der Waals surface area contributed by atoms with Gasteiger partial charge in [-0.3, -0.25) is 4.39 Å². The third-order valence-electron chi connectivity index (χ3n) is 1.56. The summed E-state index contributed by atoms with van der Waals surface area (Å²) < 4.78 is 17.2. The Labute approximate surface area is 75.3 Å². The van der Waals surface area contributed by atoms with Crippen molar-refractivity contribution in [3.8, 4) is 0 Å². The maximum atomic E-state index is 11.7. The fourth-order valence-electron chi connectivity index (χ4n) is 0.928. The minimum absolute atomic E-state index is 0.0277. The average Bonchev–Trinajstić information content (AvgIpc) is 1.94. The first-order chi connectivity index (χ1) is 5.56. The fourth-order valence-corrected chi connectivity index (χ4v) is 0.928. The van der Waals surface area contributed by atoms with Crippen LogP contribution in [0.2, 0.25) is 0 Å². The molecule has 0 aromatic heterocycles. The number of halogens is 1. The summed E-state index contributed by atoms with van der Waals surface area (Å²) in [6, 6.07) is 0. The first-order valence-corrected chi connectivity index (χ1v) is 4.76. The number of unbranched alkanes of at least 4 members (excludes halogenated alkanes) is 3. The summed E-state index contributed by atoms with van der Waals surface area (Å²) in [5, 5.41) is 0. The molecule has 0 saturated heterocycles. The lowest BCUT2D eigenvalue weighted by molar-refractivity contribution is -0.00477. The Hall–Kier alpha value is -0.110. The van der Waals surface area contributed by atoms with Crippen molar-refractivity contribution in [3.63, 3.8) is 0 Å². The van der Waals surface area contributed by atoms with Gasteiger partial charge in [0.25, 0.3) is 0 Å². The zero-order valence-electron chi connectivity index (χ0n) is 8.53. The van der Waals surface area contributed by atoms with Crippen LogP contribution in [0.3, 0.4) is 0 Å². The van der Waals surface area contributed by atoms with Crippen LogP contribution in [0.25, 0.3) is 0 Å². The van der Waals surface area contributed by atoms with Crippen molar-refractivity contribution >= 4 is 0 Å². The Morgan fingerprint density at radius 3 is 2.08 bits per heavy atom. The molecule has 74 valence electrons. The highest BCUT2D eigenvalue weighted by molar-refractivity contribution is 4.58. The minimum Gasteiger partial charge on any atom is -0.376 e. The van der Waals surface area contributed by atoms with E-state index in [1.54, 1.807) is 0 Å². The van der Waals surface area contributed by atoms with E-state index in [2.05, 4.69) is 20.8 Å². The van der Waals surface area contributed by atoms with Crippen molar-refractivity contribution < 1.29 is 9.13 Å². The zero-order chi connectivity index (χ0) is 9.45. The van der Waals surface area contributed by atoms with Crippen LogP contribution < -0.4 is 0 Å². The molecule has 0 fully saturated rings. The van der Waals surface area contributed by atoms with Gasteiger partial charge in [0.1, 0.15) is 0 Å². The van der Waals surface area contributed by atoms with E-state index in [0.717, 1.165) is 25.9 Å². The van der Waals surface area contributed by atoms with Crippen LogP contribution >= 0.6 is 0 Å². The SMILES string of the molecule is CC(C)(C)OCCCCCCF. The van der Waals surface area contributed by atoms with Gasteiger partial charge in [0.2, 0.25) is 0 Å². The lowest BCUT2D eigenvalue weighted by Crippen LogP contribution is -2.19. The van der Waals surface area contributed by atoms with Crippen molar-refractivity contribution in [1.82, 2.24) is 0 Å². The fraction of sp³-hybridized carbons (Fsp3) is 1.00. The van der Waals surface area contributed by atoms with Crippen LogP contribution in [-0.4, -0.2) is 18.9 Å². The highest BCUT2D eigenvalue weighted by atomic mass is 19.1. The largest absolute Gasteiger partial charge is 0.376 e. The van der Waals surface area contributed by atoms with Crippen molar-refractivity contribution in [1.29, 1.82) is 0 Å². The standard InChI is InChI=1S/C10H21FO/c1-10(2,3)12-9-7-5-4-6-8-11/h4-9H2,1-3H3. The third kappa shape index (κ3) is 9.89. The molecular weight excluding hydrogens is 155 g/mol. The second-order valence-corrected chi connectivity index (χ2v) is 4.06. The molecule has 0 bridgehead atoms. The molecule has 0 amide bonds. The maximum Gasteiger partial charge on any atom is 0.0894 e. The summed E-state index contributed by atoms with van der Waals surface area (Å²) in [5.41, 5.74) is -0.0277. The van der Waals surface area contributed by atoms with Crippen molar-refractivity contribution in [2.75, 3.05) is 13.3 Å². The Kier molecular flexibility index (Phi) is 6.35. The van der Waals surface area contributed by atoms with E-state index < -0.39 is 0 Å². The average molecular weight is 176 g/mol. The topological polar surface area (TPSA) is 9.23 Å². The number of rotatable bonds is 6. The molecule has 0 aromatic rings. The summed E-state index contributed by atoms with van der Waals surface area (Å²) in [4.78, 5) is 0. The van der Waals surface area contributed by atoms with E-state index in [4.69, 9.17) is 4.74 Å². The van der Waals surface area contributed by atoms with Crippen molar-refractivity contribution in [2.45, 2.75) is 52.1 Å². The molecule has 12 heavy (non-hydrogen) atoms. The van der Waals surface area contributed by atoms with Gasteiger partial charge in [0, 0.05) is 6.61 Å². The molecule has 0 N–H and O–H groups in total. The van der Waals surface area contributed by atoms with Gasteiger partial charge >= 0.3 is 0 Å². The summed E-state index contributed by atoms with van der Waals surface area (Å²) >= 11 is 0. The molecule has 1 nitrogen and oxygen atoms in total. The molecule has 0 aliphatic heterocycles. The quantitative estimate of drug-likeness (QED) is 0.564. The number of hydrogen-bond donors (Lipinski definition) is 0. The predicted octanol–water partition coefficient (Wildman–Crippen LogP) is 3.33. The summed E-state index contributed by atoms with van der Waals surface area (Å²) in [6.07, 6.45) is 3.83.